The fourth-order valence-corrected chi connectivity index (χ4v) is 3.98. The van der Waals surface area contributed by atoms with Crippen molar-refractivity contribution in [2.45, 2.75) is 18.9 Å². The quantitative estimate of drug-likeness (QED) is 0.533. The lowest BCUT2D eigenvalue weighted by atomic mass is 10.2. The fraction of sp³-hybridized carbons (Fsp3) is 0.381. The smallest absolute Gasteiger partial charge is 0.282 e. The average molecular weight is 486 g/mol. The molecule has 2 aliphatic rings. The van der Waals surface area contributed by atoms with Gasteiger partial charge < -0.3 is 20.0 Å². The zero-order valence-corrected chi connectivity index (χ0v) is 18.6. The highest BCUT2D eigenvalue weighted by Gasteiger charge is 2.45. The van der Waals surface area contributed by atoms with E-state index in [-0.39, 0.29) is 23.4 Å². The van der Waals surface area contributed by atoms with E-state index in [9.17, 15) is 18.0 Å². The van der Waals surface area contributed by atoms with Crippen LogP contribution in [0, 0.1) is 5.95 Å². The van der Waals surface area contributed by atoms with Gasteiger partial charge >= 0.3 is 0 Å². The van der Waals surface area contributed by atoms with Crippen LogP contribution < -0.4 is 20.0 Å². The molecule has 3 aromatic rings. The molecular formula is C21H21F3N10O. The van der Waals surface area contributed by atoms with Crippen molar-refractivity contribution < 1.29 is 18.0 Å². The van der Waals surface area contributed by atoms with Crippen LogP contribution in [0.4, 0.5) is 36.6 Å². The molecule has 14 heteroatoms. The zero-order chi connectivity index (χ0) is 24.6. The number of amides is 1. The minimum Gasteiger partial charge on any atom is -0.353 e. The summed E-state index contributed by atoms with van der Waals surface area (Å²) in [6.07, 6.45) is 6.77. The number of anilines is 4. The molecule has 0 aromatic carbocycles. The van der Waals surface area contributed by atoms with Gasteiger partial charge in [-0.05, 0) is 6.92 Å². The maximum Gasteiger partial charge on any atom is 0.282 e. The summed E-state index contributed by atoms with van der Waals surface area (Å²) in [7, 11) is 0. The number of alkyl halides is 2. The van der Waals surface area contributed by atoms with E-state index in [0.29, 0.717) is 31.3 Å². The molecule has 0 radical (unpaired) electrons. The third-order valence-corrected chi connectivity index (χ3v) is 5.77. The van der Waals surface area contributed by atoms with Crippen LogP contribution in [-0.2, 0) is 0 Å². The molecule has 0 unspecified atom stereocenters. The van der Waals surface area contributed by atoms with Crippen molar-refractivity contribution in [3.63, 3.8) is 0 Å². The number of carbonyl (C=O) groups excluding carboxylic acids is 1. The molecule has 5 rings (SSSR count). The van der Waals surface area contributed by atoms with Crippen molar-refractivity contribution in [1.29, 1.82) is 0 Å². The second-order valence-corrected chi connectivity index (χ2v) is 8.39. The lowest BCUT2D eigenvalue weighted by Gasteiger charge is -2.40. The van der Waals surface area contributed by atoms with Crippen LogP contribution in [0.25, 0.3) is 0 Å². The van der Waals surface area contributed by atoms with Crippen molar-refractivity contribution in [3.8, 4) is 0 Å². The molecule has 0 aliphatic carbocycles. The lowest BCUT2D eigenvalue weighted by Crippen LogP contribution is -2.57. The molecule has 1 N–H and O–H groups in total. The maximum atomic E-state index is 13.4. The van der Waals surface area contributed by atoms with Gasteiger partial charge in [-0.25, -0.2) is 38.7 Å². The Labute approximate surface area is 198 Å². The van der Waals surface area contributed by atoms with Gasteiger partial charge in [0.2, 0.25) is 11.9 Å². The summed E-state index contributed by atoms with van der Waals surface area (Å²) in [6, 6.07) is 1.36. The van der Waals surface area contributed by atoms with Gasteiger partial charge in [0.25, 0.3) is 11.8 Å². The normalized spacial score (nSPS) is 19.3. The van der Waals surface area contributed by atoms with Crippen molar-refractivity contribution in [2.24, 2.45) is 0 Å². The van der Waals surface area contributed by atoms with Crippen LogP contribution in [0.3, 0.4) is 0 Å². The van der Waals surface area contributed by atoms with E-state index in [1.54, 1.807) is 6.20 Å². The highest BCUT2D eigenvalue weighted by Crippen LogP contribution is 2.29. The standard InChI is InChI=1S/C21H21F3N10O/c1-13-9-32(17-4-15(22)29-12-30-17)2-3-34(13)18-8-25-16(7-26-18)31-19(35)14-5-27-20(28-6-14)33-10-21(23,24)11-33/h4-8,12-13H,2-3,9-11H2,1H3,(H,25,31,35)/t13-/m0/s1. The SMILES string of the molecule is C[C@H]1CN(c2cc(F)ncn2)CCN1c1cnc(NC(=O)c2cnc(N3CC(F)(F)C3)nc2)cn1. The number of hydrogen-bond acceptors (Lipinski definition) is 10. The summed E-state index contributed by atoms with van der Waals surface area (Å²) >= 11 is 0. The highest BCUT2D eigenvalue weighted by atomic mass is 19.3. The van der Waals surface area contributed by atoms with Crippen molar-refractivity contribution in [1.82, 2.24) is 29.9 Å². The predicted molar refractivity (Wildman–Crippen MR) is 120 cm³/mol. The van der Waals surface area contributed by atoms with Crippen LogP contribution in [0.2, 0.25) is 0 Å². The van der Waals surface area contributed by atoms with Crippen LogP contribution in [-0.4, -0.2) is 80.5 Å². The molecule has 5 heterocycles. The molecule has 11 nitrogen and oxygen atoms in total. The highest BCUT2D eigenvalue weighted by molar-refractivity contribution is 6.03. The Morgan fingerprint density at radius 1 is 0.971 bits per heavy atom. The van der Waals surface area contributed by atoms with Gasteiger partial charge in [0.05, 0.1) is 31.0 Å². The molecular weight excluding hydrogens is 465 g/mol. The predicted octanol–water partition coefficient (Wildman–Crippen LogP) is 1.62. The molecule has 35 heavy (non-hydrogen) atoms. The molecule has 0 saturated carbocycles. The summed E-state index contributed by atoms with van der Waals surface area (Å²) < 4.78 is 39.4. The second kappa shape index (κ2) is 8.92. The lowest BCUT2D eigenvalue weighted by molar-refractivity contribution is -0.0271. The third kappa shape index (κ3) is 4.90. The number of halogens is 3. The molecule has 1 atom stereocenters. The summed E-state index contributed by atoms with van der Waals surface area (Å²) in [5.41, 5.74) is 0.165. The monoisotopic (exact) mass is 486 g/mol. The number of carbonyl (C=O) groups is 1. The second-order valence-electron chi connectivity index (χ2n) is 8.39. The first kappa shape index (κ1) is 22.7. The Morgan fingerprint density at radius 3 is 2.37 bits per heavy atom. The Bertz CT molecular complexity index is 1200. The van der Waals surface area contributed by atoms with Crippen molar-refractivity contribution in [2.75, 3.05) is 52.7 Å². The van der Waals surface area contributed by atoms with E-state index in [0.717, 1.165) is 0 Å². The first-order valence-corrected chi connectivity index (χ1v) is 10.8. The maximum absolute atomic E-state index is 13.4. The first-order chi connectivity index (χ1) is 16.8. The van der Waals surface area contributed by atoms with E-state index in [1.165, 1.54) is 35.9 Å². The van der Waals surface area contributed by atoms with Crippen LogP contribution in [0.5, 0.6) is 0 Å². The van der Waals surface area contributed by atoms with E-state index in [2.05, 4.69) is 40.1 Å². The van der Waals surface area contributed by atoms with Crippen LogP contribution in [0.1, 0.15) is 17.3 Å². The minimum atomic E-state index is -2.73. The number of nitrogens with zero attached hydrogens (tertiary/aromatic N) is 9. The van der Waals surface area contributed by atoms with Gasteiger partial charge in [-0.3, -0.25) is 4.79 Å². The molecule has 2 fully saturated rings. The Morgan fingerprint density at radius 2 is 1.74 bits per heavy atom. The average Bonchev–Trinajstić information content (AvgIpc) is 2.83. The van der Waals surface area contributed by atoms with Crippen LogP contribution >= 0.6 is 0 Å². The topological polar surface area (TPSA) is 116 Å². The minimum absolute atomic E-state index is 0.0542. The molecule has 2 saturated heterocycles. The number of aromatic nitrogens is 6. The van der Waals surface area contributed by atoms with Crippen molar-refractivity contribution in [3.05, 3.63) is 48.7 Å². The molecule has 0 bridgehead atoms. The molecule has 1 amide bonds. The van der Waals surface area contributed by atoms with Crippen LogP contribution in [0.15, 0.2) is 37.2 Å². The Balaban J connectivity index is 1.17. The Hall–Kier alpha value is -4.10. The number of hydrogen-bond donors (Lipinski definition) is 1. The van der Waals surface area contributed by atoms with Gasteiger partial charge in [0.1, 0.15) is 18.0 Å². The summed E-state index contributed by atoms with van der Waals surface area (Å²) in [5, 5.41) is 2.62. The molecule has 2 aliphatic heterocycles. The van der Waals surface area contributed by atoms with Gasteiger partial charge in [-0.2, -0.15) is 4.39 Å². The van der Waals surface area contributed by atoms with Gasteiger partial charge in [-0.1, -0.05) is 0 Å². The van der Waals surface area contributed by atoms with E-state index >= 15 is 0 Å². The number of piperazine rings is 1. The van der Waals surface area contributed by atoms with E-state index in [4.69, 9.17) is 0 Å². The largest absolute Gasteiger partial charge is 0.353 e. The van der Waals surface area contributed by atoms with Crippen molar-refractivity contribution >= 4 is 29.3 Å². The molecule has 3 aromatic heterocycles. The molecule has 182 valence electrons. The van der Waals surface area contributed by atoms with Gasteiger partial charge in [0.15, 0.2) is 5.82 Å². The Kier molecular flexibility index (Phi) is 5.78. The number of nitrogens with one attached hydrogen (secondary N) is 1. The summed E-state index contributed by atoms with van der Waals surface area (Å²) in [6.45, 7) is 3.00. The summed E-state index contributed by atoms with van der Waals surface area (Å²) in [5.74, 6) is -2.23. The summed E-state index contributed by atoms with van der Waals surface area (Å²) in [4.78, 5) is 42.1. The van der Waals surface area contributed by atoms with E-state index in [1.807, 2.05) is 11.8 Å². The third-order valence-electron chi connectivity index (χ3n) is 5.77. The van der Waals surface area contributed by atoms with Gasteiger partial charge in [-0.15, -0.1) is 0 Å². The zero-order valence-electron chi connectivity index (χ0n) is 18.6. The first-order valence-electron chi connectivity index (χ1n) is 10.8. The van der Waals surface area contributed by atoms with Gasteiger partial charge in [0, 0.05) is 44.1 Å². The molecule has 0 spiro atoms. The number of rotatable bonds is 5. The van der Waals surface area contributed by atoms with E-state index < -0.39 is 30.9 Å². The fourth-order valence-electron chi connectivity index (χ4n) is 3.98.